The van der Waals surface area contributed by atoms with Crippen molar-refractivity contribution in [3.63, 3.8) is 0 Å². The van der Waals surface area contributed by atoms with Crippen molar-refractivity contribution in [1.29, 1.82) is 0 Å². The van der Waals surface area contributed by atoms with Gasteiger partial charge >= 0.3 is 5.97 Å². The SMILES string of the molecule is CCOc1ccc(OCC(=O)O[C@@H](C)C(=O)Nc2ccccc2C(C)=O)cc1. The molecular formula is C21H23NO6. The van der Waals surface area contributed by atoms with Crippen molar-refractivity contribution in [2.45, 2.75) is 26.9 Å². The molecule has 2 aromatic carbocycles. The van der Waals surface area contributed by atoms with Gasteiger partial charge in [0.05, 0.1) is 12.3 Å². The van der Waals surface area contributed by atoms with Gasteiger partial charge in [0.15, 0.2) is 18.5 Å². The maximum atomic E-state index is 12.2. The molecule has 0 bridgehead atoms. The van der Waals surface area contributed by atoms with E-state index in [-0.39, 0.29) is 12.4 Å². The molecule has 0 unspecified atom stereocenters. The number of Topliss-reactive ketones (excluding diaryl/α,β-unsaturated/α-hetero) is 1. The molecule has 2 rings (SSSR count). The second-order valence-electron chi connectivity index (χ2n) is 5.92. The van der Waals surface area contributed by atoms with E-state index in [0.717, 1.165) is 0 Å². The zero-order chi connectivity index (χ0) is 20.5. The maximum Gasteiger partial charge on any atom is 0.344 e. The quantitative estimate of drug-likeness (QED) is 0.526. The molecule has 1 N–H and O–H groups in total. The van der Waals surface area contributed by atoms with Gasteiger partial charge in [0.2, 0.25) is 0 Å². The van der Waals surface area contributed by atoms with Crippen molar-refractivity contribution in [1.82, 2.24) is 0 Å². The molecule has 1 amide bonds. The van der Waals surface area contributed by atoms with Crippen molar-refractivity contribution in [2.75, 3.05) is 18.5 Å². The van der Waals surface area contributed by atoms with E-state index < -0.39 is 18.0 Å². The van der Waals surface area contributed by atoms with Crippen LogP contribution in [0.4, 0.5) is 5.69 Å². The standard InChI is InChI=1S/C21H23NO6/c1-4-26-16-9-11-17(12-10-16)27-13-20(24)28-15(3)21(25)22-19-8-6-5-7-18(19)14(2)23/h5-12,15H,4,13H2,1-3H3,(H,22,25)/t15-/m0/s1. The van der Waals surface area contributed by atoms with Gasteiger partial charge in [-0.15, -0.1) is 0 Å². The van der Waals surface area contributed by atoms with Crippen LogP contribution >= 0.6 is 0 Å². The Bertz CT molecular complexity index is 831. The van der Waals surface area contributed by atoms with Crippen LogP contribution in [-0.2, 0) is 14.3 Å². The van der Waals surface area contributed by atoms with Gasteiger partial charge < -0.3 is 19.5 Å². The third-order valence-corrected chi connectivity index (χ3v) is 3.73. The average Bonchev–Trinajstić information content (AvgIpc) is 2.68. The summed E-state index contributed by atoms with van der Waals surface area (Å²) in [5, 5.41) is 2.60. The lowest BCUT2D eigenvalue weighted by molar-refractivity contribution is -0.155. The number of ketones is 1. The molecule has 1 atom stereocenters. The molecule has 0 fully saturated rings. The van der Waals surface area contributed by atoms with Gasteiger partial charge in [-0.2, -0.15) is 0 Å². The van der Waals surface area contributed by atoms with Gasteiger partial charge in [-0.25, -0.2) is 4.79 Å². The molecule has 2 aromatic rings. The summed E-state index contributed by atoms with van der Waals surface area (Å²) in [5.74, 6) is -0.217. The van der Waals surface area contributed by atoms with Crippen molar-refractivity contribution in [2.24, 2.45) is 0 Å². The second kappa shape index (κ2) is 10.1. The van der Waals surface area contributed by atoms with Crippen LogP contribution in [0.1, 0.15) is 31.1 Å². The molecule has 0 aromatic heterocycles. The molecular weight excluding hydrogens is 362 g/mol. The fourth-order valence-electron chi connectivity index (χ4n) is 2.36. The first-order chi connectivity index (χ1) is 13.4. The lowest BCUT2D eigenvalue weighted by Crippen LogP contribution is -2.32. The smallest absolute Gasteiger partial charge is 0.344 e. The molecule has 7 nitrogen and oxygen atoms in total. The Kier molecular flexibility index (Phi) is 7.56. The van der Waals surface area contributed by atoms with E-state index in [1.807, 2.05) is 6.92 Å². The summed E-state index contributed by atoms with van der Waals surface area (Å²) >= 11 is 0. The summed E-state index contributed by atoms with van der Waals surface area (Å²) in [7, 11) is 0. The first-order valence-corrected chi connectivity index (χ1v) is 8.86. The van der Waals surface area contributed by atoms with Crippen LogP contribution in [0.2, 0.25) is 0 Å². The van der Waals surface area contributed by atoms with Crippen LogP contribution in [0, 0.1) is 0 Å². The molecule has 0 spiro atoms. The number of hydrogen-bond acceptors (Lipinski definition) is 6. The lowest BCUT2D eigenvalue weighted by Gasteiger charge is -2.15. The maximum absolute atomic E-state index is 12.2. The Morgan fingerprint density at radius 3 is 2.18 bits per heavy atom. The van der Waals surface area contributed by atoms with E-state index in [1.54, 1.807) is 48.5 Å². The number of benzene rings is 2. The van der Waals surface area contributed by atoms with Crippen LogP contribution in [0.3, 0.4) is 0 Å². The molecule has 0 heterocycles. The van der Waals surface area contributed by atoms with E-state index >= 15 is 0 Å². The Morgan fingerprint density at radius 2 is 1.57 bits per heavy atom. The number of esters is 1. The predicted molar refractivity (Wildman–Crippen MR) is 104 cm³/mol. The average molecular weight is 385 g/mol. The minimum Gasteiger partial charge on any atom is -0.494 e. The number of amides is 1. The highest BCUT2D eigenvalue weighted by molar-refractivity contribution is 6.04. The minimum atomic E-state index is -1.04. The summed E-state index contributed by atoms with van der Waals surface area (Å²) in [6.07, 6.45) is -1.04. The number of para-hydroxylation sites is 1. The van der Waals surface area contributed by atoms with Crippen molar-refractivity contribution in [3.05, 3.63) is 54.1 Å². The Labute approximate surface area is 163 Å². The summed E-state index contributed by atoms with van der Waals surface area (Å²) in [6, 6.07) is 13.4. The van der Waals surface area contributed by atoms with Crippen molar-refractivity contribution in [3.8, 4) is 11.5 Å². The summed E-state index contributed by atoms with van der Waals surface area (Å²) < 4.78 is 15.8. The number of carbonyl (C=O) groups excluding carboxylic acids is 3. The molecule has 7 heteroatoms. The monoisotopic (exact) mass is 385 g/mol. The number of carbonyl (C=O) groups is 3. The molecule has 0 radical (unpaired) electrons. The number of ether oxygens (including phenoxy) is 3. The first kappa shape index (κ1) is 21.0. The van der Waals surface area contributed by atoms with E-state index in [2.05, 4.69) is 5.32 Å². The van der Waals surface area contributed by atoms with Gasteiger partial charge in [-0.05, 0) is 57.2 Å². The number of hydrogen-bond donors (Lipinski definition) is 1. The van der Waals surface area contributed by atoms with Gasteiger partial charge in [-0.1, -0.05) is 12.1 Å². The summed E-state index contributed by atoms with van der Waals surface area (Å²) in [6.45, 7) is 4.96. The first-order valence-electron chi connectivity index (χ1n) is 8.86. The third kappa shape index (κ3) is 6.12. The van der Waals surface area contributed by atoms with Gasteiger partial charge in [0, 0.05) is 5.56 Å². The van der Waals surface area contributed by atoms with Crippen LogP contribution in [-0.4, -0.2) is 37.0 Å². The molecule has 0 aliphatic heterocycles. The second-order valence-corrected chi connectivity index (χ2v) is 5.92. The van der Waals surface area contributed by atoms with E-state index in [9.17, 15) is 14.4 Å². The van der Waals surface area contributed by atoms with E-state index in [4.69, 9.17) is 14.2 Å². The van der Waals surface area contributed by atoms with E-state index in [1.165, 1.54) is 13.8 Å². The number of nitrogens with one attached hydrogen (secondary N) is 1. The third-order valence-electron chi connectivity index (χ3n) is 3.73. The van der Waals surface area contributed by atoms with Crippen molar-refractivity contribution < 1.29 is 28.6 Å². The predicted octanol–water partition coefficient (Wildman–Crippen LogP) is 3.24. The largest absolute Gasteiger partial charge is 0.494 e. The van der Waals surface area contributed by atoms with Gasteiger partial charge in [0.25, 0.3) is 5.91 Å². The zero-order valence-corrected chi connectivity index (χ0v) is 16.1. The summed E-state index contributed by atoms with van der Waals surface area (Å²) in [5.41, 5.74) is 0.752. The zero-order valence-electron chi connectivity index (χ0n) is 16.1. The lowest BCUT2D eigenvalue weighted by atomic mass is 10.1. The van der Waals surface area contributed by atoms with Gasteiger partial charge in [-0.3, -0.25) is 9.59 Å². The molecule has 0 saturated carbocycles. The minimum absolute atomic E-state index is 0.177. The molecule has 0 aliphatic carbocycles. The Balaban J connectivity index is 1.84. The van der Waals surface area contributed by atoms with Crippen LogP contribution in [0.25, 0.3) is 0 Å². The topological polar surface area (TPSA) is 90.9 Å². The van der Waals surface area contributed by atoms with Crippen LogP contribution in [0.15, 0.2) is 48.5 Å². The fraction of sp³-hybridized carbons (Fsp3) is 0.286. The molecule has 28 heavy (non-hydrogen) atoms. The number of rotatable bonds is 9. The highest BCUT2D eigenvalue weighted by Gasteiger charge is 2.20. The van der Waals surface area contributed by atoms with Crippen LogP contribution in [0.5, 0.6) is 11.5 Å². The highest BCUT2D eigenvalue weighted by atomic mass is 16.6. The van der Waals surface area contributed by atoms with Crippen LogP contribution < -0.4 is 14.8 Å². The van der Waals surface area contributed by atoms with Gasteiger partial charge in [0.1, 0.15) is 11.5 Å². The fourth-order valence-corrected chi connectivity index (χ4v) is 2.36. The molecule has 0 aliphatic rings. The highest BCUT2D eigenvalue weighted by Crippen LogP contribution is 2.18. The van der Waals surface area contributed by atoms with E-state index in [0.29, 0.717) is 29.4 Å². The Hall–Kier alpha value is -3.35. The number of anilines is 1. The molecule has 148 valence electrons. The normalized spacial score (nSPS) is 11.2. The Morgan fingerprint density at radius 1 is 0.964 bits per heavy atom. The van der Waals surface area contributed by atoms with Crippen molar-refractivity contribution >= 4 is 23.3 Å². The molecule has 0 saturated heterocycles. The summed E-state index contributed by atoms with van der Waals surface area (Å²) in [4.78, 5) is 35.8.